The Hall–Kier alpha value is -2.10. The van der Waals surface area contributed by atoms with Crippen molar-refractivity contribution < 1.29 is 4.79 Å². The van der Waals surface area contributed by atoms with Gasteiger partial charge in [-0.1, -0.05) is 19.6 Å². The summed E-state index contributed by atoms with van der Waals surface area (Å²) in [4.78, 5) is 15.3. The number of nitrogens with zero attached hydrogens (tertiary/aromatic N) is 2. The summed E-state index contributed by atoms with van der Waals surface area (Å²) in [5.74, 6) is -0.502. The third kappa shape index (κ3) is 2.06. The van der Waals surface area contributed by atoms with Crippen LogP contribution < -0.4 is 5.73 Å². The van der Waals surface area contributed by atoms with Crippen LogP contribution in [0.3, 0.4) is 0 Å². The molecule has 0 spiro atoms. The van der Waals surface area contributed by atoms with Gasteiger partial charge in [-0.2, -0.15) is 0 Å². The molecule has 2 N–H and O–H groups in total. The van der Waals surface area contributed by atoms with Crippen LogP contribution in [0.4, 0.5) is 0 Å². The molecular formula is C13H15N3O. The Labute approximate surface area is 99.8 Å². The van der Waals surface area contributed by atoms with E-state index in [9.17, 15) is 4.79 Å². The van der Waals surface area contributed by atoms with Gasteiger partial charge in [0.15, 0.2) is 0 Å². The fraction of sp³-hybridized carbons (Fsp3) is 0.231. The summed E-state index contributed by atoms with van der Waals surface area (Å²) in [5.41, 5.74) is 8.17. The summed E-state index contributed by atoms with van der Waals surface area (Å²) < 4.78 is 2.09. The normalized spacial score (nSPS) is 10.6. The van der Waals surface area contributed by atoms with Crippen LogP contribution >= 0.6 is 0 Å². The molecule has 0 aliphatic rings. The van der Waals surface area contributed by atoms with Crippen LogP contribution in [-0.4, -0.2) is 15.5 Å². The molecule has 0 saturated carbocycles. The number of amides is 1. The Balaban J connectivity index is 2.46. The van der Waals surface area contributed by atoms with E-state index in [-0.39, 0.29) is 0 Å². The van der Waals surface area contributed by atoms with E-state index in [2.05, 4.69) is 23.1 Å². The summed E-state index contributed by atoms with van der Waals surface area (Å²) in [6, 6.07) is 5.64. The van der Waals surface area contributed by atoms with E-state index in [0.29, 0.717) is 5.57 Å². The van der Waals surface area contributed by atoms with Gasteiger partial charge in [0.2, 0.25) is 5.91 Å². The van der Waals surface area contributed by atoms with Crippen LogP contribution in [0.25, 0.3) is 16.6 Å². The molecule has 0 aliphatic heterocycles. The number of fused-ring (bicyclic) bond motifs is 1. The summed E-state index contributed by atoms with van der Waals surface area (Å²) in [6.07, 6.45) is 2.87. The van der Waals surface area contributed by atoms with Crippen molar-refractivity contribution in [1.29, 1.82) is 0 Å². The molecule has 17 heavy (non-hydrogen) atoms. The van der Waals surface area contributed by atoms with Crippen LogP contribution in [0.15, 0.2) is 31.1 Å². The largest absolute Gasteiger partial charge is 0.366 e. The van der Waals surface area contributed by atoms with Gasteiger partial charge >= 0.3 is 0 Å². The van der Waals surface area contributed by atoms with Crippen molar-refractivity contribution in [3.05, 3.63) is 36.7 Å². The summed E-state index contributed by atoms with van der Waals surface area (Å²) >= 11 is 0. The Kier molecular flexibility index (Phi) is 2.95. The third-order valence-electron chi connectivity index (χ3n) is 2.73. The molecule has 0 radical (unpaired) electrons. The molecule has 0 bridgehead atoms. The first kappa shape index (κ1) is 11.4. The van der Waals surface area contributed by atoms with E-state index in [4.69, 9.17) is 5.73 Å². The lowest BCUT2D eigenvalue weighted by Crippen LogP contribution is -2.11. The van der Waals surface area contributed by atoms with Crippen molar-refractivity contribution in [3.8, 4) is 0 Å². The number of rotatable bonds is 4. The Morgan fingerprint density at radius 1 is 1.53 bits per heavy atom. The predicted octanol–water partition coefficient (Wildman–Crippen LogP) is 1.94. The molecule has 88 valence electrons. The summed E-state index contributed by atoms with van der Waals surface area (Å²) in [6.45, 7) is 6.72. The zero-order valence-electron chi connectivity index (χ0n) is 9.81. The van der Waals surface area contributed by atoms with Gasteiger partial charge in [-0.3, -0.25) is 4.79 Å². The molecule has 0 aliphatic carbocycles. The van der Waals surface area contributed by atoms with Crippen LogP contribution in [0.1, 0.15) is 18.9 Å². The number of carbonyl (C=O) groups excluding carboxylic acids is 1. The fourth-order valence-corrected chi connectivity index (χ4v) is 1.81. The van der Waals surface area contributed by atoms with E-state index in [1.165, 1.54) is 0 Å². The second-order valence-corrected chi connectivity index (χ2v) is 3.98. The fourth-order valence-electron chi connectivity index (χ4n) is 1.81. The molecular weight excluding hydrogens is 214 g/mol. The highest BCUT2D eigenvalue weighted by Gasteiger charge is 2.08. The van der Waals surface area contributed by atoms with Gasteiger partial charge in [0.05, 0.1) is 17.4 Å². The molecule has 0 fully saturated rings. The first-order chi connectivity index (χ1) is 8.13. The maximum atomic E-state index is 11.0. The molecule has 4 heteroatoms. The van der Waals surface area contributed by atoms with Crippen molar-refractivity contribution in [2.75, 3.05) is 0 Å². The van der Waals surface area contributed by atoms with Crippen LogP contribution in [0.2, 0.25) is 0 Å². The predicted molar refractivity (Wildman–Crippen MR) is 68.3 cm³/mol. The van der Waals surface area contributed by atoms with E-state index < -0.39 is 5.91 Å². The number of carbonyl (C=O) groups is 1. The highest BCUT2D eigenvalue weighted by molar-refractivity contribution is 6.18. The molecule has 2 aromatic rings. The number of aryl methyl sites for hydroxylation is 1. The lowest BCUT2D eigenvalue weighted by molar-refractivity contribution is -0.112. The zero-order chi connectivity index (χ0) is 12.4. The Morgan fingerprint density at radius 3 is 2.94 bits per heavy atom. The van der Waals surface area contributed by atoms with Crippen molar-refractivity contribution in [3.63, 3.8) is 0 Å². The summed E-state index contributed by atoms with van der Waals surface area (Å²) in [5, 5.41) is 0. The number of hydrogen-bond acceptors (Lipinski definition) is 2. The number of aromatic nitrogens is 2. The lowest BCUT2D eigenvalue weighted by atomic mass is 10.1. The first-order valence-electron chi connectivity index (χ1n) is 5.57. The molecule has 0 atom stereocenters. The van der Waals surface area contributed by atoms with Crippen LogP contribution in [0, 0.1) is 0 Å². The minimum Gasteiger partial charge on any atom is -0.366 e. The van der Waals surface area contributed by atoms with E-state index >= 15 is 0 Å². The van der Waals surface area contributed by atoms with E-state index in [0.717, 1.165) is 29.6 Å². The molecule has 4 nitrogen and oxygen atoms in total. The second-order valence-electron chi connectivity index (χ2n) is 3.98. The second kappa shape index (κ2) is 4.41. The molecule has 1 aromatic heterocycles. The van der Waals surface area contributed by atoms with Gasteiger partial charge < -0.3 is 10.3 Å². The third-order valence-corrected chi connectivity index (χ3v) is 2.73. The minimum absolute atomic E-state index is 0.317. The van der Waals surface area contributed by atoms with Gasteiger partial charge in [-0.15, -0.1) is 0 Å². The Bertz CT molecular complexity index is 583. The van der Waals surface area contributed by atoms with Crippen molar-refractivity contribution >= 4 is 22.5 Å². The highest BCUT2D eigenvalue weighted by atomic mass is 16.1. The average Bonchev–Trinajstić information content (AvgIpc) is 2.71. The number of imidazole rings is 1. The average molecular weight is 229 g/mol. The number of benzene rings is 1. The van der Waals surface area contributed by atoms with Gasteiger partial charge in [-0.25, -0.2) is 4.98 Å². The molecule has 2 rings (SSSR count). The van der Waals surface area contributed by atoms with Crippen LogP contribution in [-0.2, 0) is 11.3 Å². The maximum absolute atomic E-state index is 11.0. The topological polar surface area (TPSA) is 60.9 Å². The first-order valence-corrected chi connectivity index (χ1v) is 5.57. The van der Waals surface area contributed by atoms with E-state index in [1.54, 1.807) is 0 Å². The zero-order valence-corrected chi connectivity index (χ0v) is 9.81. The number of nitrogens with two attached hydrogens (primary N) is 1. The van der Waals surface area contributed by atoms with E-state index in [1.807, 2.05) is 24.5 Å². The quantitative estimate of drug-likeness (QED) is 0.814. The highest BCUT2D eigenvalue weighted by Crippen LogP contribution is 2.19. The van der Waals surface area contributed by atoms with Gasteiger partial charge in [0.25, 0.3) is 0 Å². The van der Waals surface area contributed by atoms with Gasteiger partial charge in [-0.05, 0) is 24.1 Å². The molecule has 1 amide bonds. The minimum atomic E-state index is -0.502. The lowest BCUT2D eigenvalue weighted by Gasteiger charge is -2.03. The number of primary amides is 1. The smallest absolute Gasteiger partial charge is 0.248 e. The molecule has 0 saturated heterocycles. The standard InChI is InChI=1S/C13H15N3O/c1-3-6-16-8-15-11-7-10(4-5-12(11)16)9(2)13(14)17/h4-5,7-8H,2-3,6H2,1H3,(H2,14,17). The molecule has 0 unspecified atom stereocenters. The van der Waals surface area contributed by atoms with Gasteiger partial charge in [0.1, 0.15) is 0 Å². The van der Waals surface area contributed by atoms with Gasteiger partial charge in [0, 0.05) is 12.1 Å². The summed E-state index contributed by atoms with van der Waals surface area (Å²) in [7, 11) is 0. The molecule has 1 aromatic carbocycles. The molecule has 1 heterocycles. The van der Waals surface area contributed by atoms with Crippen molar-refractivity contribution in [1.82, 2.24) is 9.55 Å². The van der Waals surface area contributed by atoms with Crippen molar-refractivity contribution in [2.45, 2.75) is 19.9 Å². The number of hydrogen-bond donors (Lipinski definition) is 1. The SMILES string of the molecule is C=C(C(N)=O)c1ccc2c(c1)ncn2CCC. The van der Waals surface area contributed by atoms with Crippen LogP contribution in [0.5, 0.6) is 0 Å². The van der Waals surface area contributed by atoms with Crippen molar-refractivity contribution in [2.24, 2.45) is 5.73 Å². The monoisotopic (exact) mass is 229 g/mol. The Morgan fingerprint density at radius 2 is 2.29 bits per heavy atom. The maximum Gasteiger partial charge on any atom is 0.248 e.